The number of unbranched alkanes of at least 4 members (excludes halogenated alkanes) is 1. The Hall–Kier alpha value is -3.98. The Kier molecular flexibility index (Phi) is 6.74. The molecule has 2 aromatic carbocycles. The summed E-state index contributed by atoms with van der Waals surface area (Å²) in [5.41, 5.74) is 11.2. The largest absolute Gasteiger partial charge is 0.395 e. The number of hydrogen-bond acceptors (Lipinski definition) is 8. The molecule has 0 saturated heterocycles. The number of nitrogens with one attached hydrogen (secondary N) is 2. The van der Waals surface area contributed by atoms with Gasteiger partial charge in [0.15, 0.2) is 0 Å². The highest BCUT2D eigenvalue weighted by Gasteiger charge is 2.35. The maximum absolute atomic E-state index is 9.96. The normalized spacial score (nSPS) is 16.3. The summed E-state index contributed by atoms with van der Waals surface area (Å²) < 4.78 is 0. The van der Waals surface area contributed by atoms with Gasteiger partial charge in [-0.1, -0.05) is 13.0 Å². The van der Waals surface area contributed by atoms with Crippen LogP contribution >= 0.6 is 0 Å². The van der Waals surface area contributed by atoms with Crippen molar-refractivity contribution >= 4 is 17.3 Å². The summed E-state index contributed by atoms with van der Waals surface area (Å²) in [4.78, 5) is 9.06. The van der Waals surface area contributed by atoms with Crippen LogP contribution in [0.3, 0.4) is 0 Å². The lowest BCUT2D eigenvalue weighted by atomic mass is 9.83. The van der Waals surface area contributed by atoms with Gasteiger partial charge in [0.2, 0.25) is 5.95 Å². The lowest BCUT2D eigenvalue weighted by molar-refractivity contribution is 0.219. The topological polar surface area (TPSA) is 144 Å². The molecule has 0 spiro atoms. The zero-order chi connectivity index (χ0) is 24.1. The van der Waals surface area contributed by atoms with Crippen LogP contribution in [0.15, 0.2) is 42.6 Å². The van der Waals surface area contributed by atoms with E-state index in [1.165, 1.54) is 0 Å². The number of fused-ring (bicyclic) bond motifs is 1. The molecule has 3 aromatic rings. The second kappa shape index (κ2) is 9.88. The number of nitrogens with two attached hydrogens (primary N) is 1. The molecule has 2 heterocycles. The lowest BCUT2D eigenvalue weighted by Gasteiger charge is -2.21. The average Bonchev–Trinajstić information content (AvgIpc) is 3.21. The summed E-state index contributed by atoms with van der Waals surface area (Å²) in [5.74, 6) is 0.398. The Labute approximate surface area is 199 Å². The van der Waals surface area contributed by atoms with E-state index in [9.17, 15) is 15.6 Å². The Balaban J connectivity index is 1.69. The van der Waals surface area contributed by atoms with Gasteiger partial charge < -0.3 is 21.5 Å². The predicted octanol–water partition coefficient (Wildman–Crippen LogP) is 3.59. The zero-order valence-corrected chi connectivity index (χ0v) is 19.1. The number of aryl methyl sites for hydroxylation is 1. The molecule has 172 valence electrons. The van der Waals surface area contributed by atoms with E-state index >= 15 is 0 Å². The van der Waals surface area contributed by atoms with E-state index in [4.69, 9.17) is 5.73 Å². The lowest BCUT2D eigenvalue weighted by Crippen LogP contribution is -2.28. The summed E-state index contributed by atoms with van der Waals surface area (Å²) in [6, 6.07) is 15.6. The number of anilines is 3. The average molecular weight is 454 g/mol. The molecular weight excluding hydrogens is 426 g/mol. The van der Waals surface area contributed by atoms with Gasteiger partial charge in [-0.25, -0.2) is 9.97 Å². The molecule has 5 N–H and O–H groups in total. The SMILES string of the molecule is CC1(CO)CNc2c(C#N)cc(-c3ccnc(Nc4cc(C#N)ccc4CCCCN)n3)cc21. The van der Waals surface area contributed by atoms with Crippen LogP contribution in [0.4, 0.5) is 17.3 Å². The first-order valence-electron chi connectivity index (χ1n) is 11.3. The van der Waals surface area contributed by atoms with Crippen molar-refractivity contribution in [1.82, 2.24) is 9.97 Å². The zero-order valence-electron chi connectivity index (χ0n) is 19.1. The van der Waals surface area contributed by atoms with Crippen molar-refractivity contribution in [3.63, 3.8) is 0 Å². The van der Waals surface area contributed by atoms with Crippen LogP contribution in [0.2, 0.25) is 0 Å². The van der Waals surface area contributed by atoms with E-state index in [1.54, 1.807) is 30.5 Å². The van der Waals surface area contributed by atoms with Gasteiger partial charge in [0.05, 0.1) is 35.2 Å². The van der Waals surface area contributed by atoms with Crippen LogP contribution in [-0.4, -0.2) is 34.8 Å². The first kappa shape index (κ1) is 23.2. The third kappa shape index (κ3) is 4.55. The molecule has 8 nitrogen and oxygen atoms in total. The third-order valence-electron chi connectivity index (χ3n) is 6.25. The van der Waals surface area contributed by atoms with Crippen LogP contribution in [0.5, 0.6) is 0 Å². The Bertz CT molecular complexity index is 1290. The van der Waals surface area contributed by atoms with Gasteiger partial charge in [-0.3, -0.25) is 0 Å². The fourth-order valence-corrected chi connectivity index (χ4v) is 4.20. The van der Waals surface area contributed by atoms with Crippen molar-refractivity contribution in [3.05, 3.63) is 64.8 Å². The highest BCUT2D eigenvalue weighted by atomic mass is 16.3. The Morgan fingerprint density at radius 3 is 2.76 bits per heavy atom. The molecule has 8 heteroatoms. The second-order valence-corrected chi connectivity index (χ2v) is 8.75. The van der Waals surface area contributed by atoms with Gasteiger partial charge in [-0.05, 0) is 67.3 Å². The molecular formula is C26H27N7O. The van der Waals surface area contributed by atoms with E-state index in [2.05, 4.69) is 32.7 Å². The summed E-state index contributed by atoms with van der Waals surface area (Å²) in [6.45, 7) is 3.15. The molecule has 1 aliphatic rings. The molecule has 0 aliphatic carbocycles. The predicted molar refractivity (Wildman–Crippen MR) is 132 cm³/mol. The number of rotatable bonds is 8. The van der Waals surface area contributed by atoms with Gasteiger partial charge in [-0.2, -0.15) is 10.5 Å². The smallest absolute Gasteiger partial charge is 0.227 e. The standard InChI is InChI=1S/C26H27N7O/c1-26(16-34)15-31-24-20(14-29)11-19(12-21(24)26)22-7-9-30-25(32-22)33-23-10-17(13-28)5-6-18(23)4-2-3-8-27/h5-7,9-12,31,34H,2-4,8,15-16,27H2,1H3,(H,30,32,33). The molecule has 34 heavy (non-hydrogen) atoms. The maximum Gasteiger partial charge on any atom is 0.227 e. The molecule has 0 bridgehead atoms. The highest BCUT2D eigenvalue weighted by Crippen LogP contribution is 2.41. The fourth-order valence-electron chi connectivity index (χ4n) is 4.20. The third-order valence-corrected chi connectivity index (χ3v) is 6.25. The maximum atomic E-state index is 9.96. The molecule has 0 saturated carbocycles. The number of nitrogens with zero attached hydrogens (tertiary/aromatic N) is 4. The first-order chi connectivity index (χ1) is 16.5. The minimum Gasteiger partial charge on any atom is -0.395 e. The highest BCUT2D eigenvalue weighted by molar-refractivity contribution is 5.76. The van der Waals surface area contributed by atoms with Crippen LogP contribution in [-0.2, 0) is 11.8 Å². The fraction of sp³-hybridized carbons (Fsp3) is 0.308. The van der Waals surface area contributed by atoms with E-state index in [0.717, 1.165) is 47.3 Å². The summed E-state index contributed by atoms with van der Waals surface area (Å²) in [7, 11) is 0. The number of aliphatic hydroxyl groups excluding tert-OH is 1. The van der Waals surface area contributed by atoms with Crippen molar-refractivity contribution in [2.24, 2.45) is 5.73 Å². The molecule has 1 aromatic heterocycles. The van der Waals surface area contributed by atoms with Gasteiger partial charge in [0.1, 0.15) is 6.07 Å². The second-order valence-electron chi connectivity index (χ2n) is 8.75. The van der Waals surface area contributed by atoms with Crippen LogP contribution in [0, 0.1) is 22.7 Å². The summed E-state index contributed by atoms with van der Waals surface area (Å²) in [6.07, 6.45) is 4.36. The molecule has 0 fully saturated rings. The van der Waals surface area contributed by atoms with Crippen molar-refractivity contribution < 1.29 is 5.11 Å². The number of hydrogen-bond donors (Lipinski definition) is 4. The van der Waals surface area contributed by atoms with E-state index < -0.39 is 5.41 Å². The molecule has 1 unspecified atom stereocenters. The van der Waals surface area contributed by atoms with Gasteiger partial charge in [-0.15, -0.1) is 0 Å². The number of nitriles is 2. The van der Waals surface area contributed by atoms with E-state index in [-0.39, 0.29) is 6.61 Å². The van der Waals surface area contributed by atoms with Crippen molar-refractivity contribution in [2.45, 2.75) is 31.6 Å². The number of benzene rings is 2. The van der Waals surface area contributed by atoms with E-state index in [1.807, 2.05) is 19.1 Å². The minimum absolute atomic E-state index is 0.0277. The van der Waals surface area contributed by atoms with Crippen molar-refractivity contribution in [3.8, 4) is 23.4 Å². The Morgan fingerprint density at radius 2 is 2.03 bits per heavy atom. The van der Waals surface area contributed by atoms with Gasteiger partial charge in [0, 0.05) is 29.4 Å². The van der Waals surface area contributed by atoms with Crippen LogP contribution < -0.4 is 16.4 Å². The number of aliphatic hydroxyl groups is 1. The van der Waals surface area contributed by atoms with E-state index in [0.29, 0.717) is 35.9 Å². The summed E-state index contributed by atoms with van der Waals surface area (Å²) >= 11 is 0. The molecule has 0 radical (unpaired) electrons. The summed E-state index contributed by atoms with van der Waals surface area (Å²) in [5, 5.41) is 35.5. The van der Waals surface area contributed by atoms with Crippen LogP contribution in [0.1, 0.15) is 42.0 Å². The van der Waals surface area contributed by atoms with Crippen LogP contribution in [0.25, 0.3) is 11.3 Å². The minimum atomic E-state index is -0.471. The first-order valence-corrected chi connectivity index (χ1v) is 11.3. The molecule has 1 aliphatic heterocycles. The Morgan fingerprint density at radius 1 is 1.18 bits per heavy atom. The van der Waals surface area contributed by atoms with Gasteiger partial charge >= 0.3 is 0 Å². The number of aromatic nitrogens is 2. The quantitative estimate of drug-likeness (QED) is 0.379. The molecule has 4 rings (SSSR count). The van der Waals surface area contributed by atoms with Gasteiger partial charge in [0.25, 0.3) is 0 Å². The molecule has 0 amide bonds. The molecule has 1 atom stereocenters. The monoisotopic (exact) mass is 453 g/mol. The van der Waals surface area contributed by atoms with Crippen molar-refractivity contribution in [1.29, 1.82) is 10.5 Å². The van der Waals surface area contributed by atoms with Crippen molar-refractivity contribution in [2.75, 3.05) is 30.3 Å².